The van der Waals surface area contributed by atoms with Crippen molar-refractivity contribution in [2.24, 2.45) is 5.84 Å². The lowest BCUT2D eigenvalue weighted by Gasteiger charge is -2.07. The van der Waals surface area contributed by atoms with Crippen molar-refractivity contribution in [3.8, 4) is 5.75 Å². The molecule has 2 aromatic rings. The fourth-order valence-corrected chi connectivity index (χ4v) is 3.06. The van der Waals surface area contributed by atoms with Gasteiger partial charge in [-0.3, -0.25) is 10.2 Å². The third kappa shape index (κ3) is 4.03. The SMILES string of the molecule is Cc1cc(C)cc(OCCc2nc(C)c(C(=O)NN)s2)c1. The summed E-state index contributed by atoms with van der Waals surface area (Å²) in [5.74, 6) is 5.70. The predicted molar refractivity (Wildman–Crippen MR) is 83.6 cm³/mol. The molecule has 1 aromatic heterocycles. The summed E-state index contributed by atoms with van der Waals surface area (Å²) in [6.45, 7) is 6.42. The standard InChI is InChI=1S/C15H19N3O2S/c1-9-6-10(2)8-12(7-9)20-5-4-13-17-11(3)14(21-13)15(19)18-16/h6-8H,4-5,16H2,1-3H3,(H,18,19). The van der Waals surface area contributed by atoms with Gasteiger partial charge in [0, 0.05) is 6.42 Å². The van der Waals surface area contributed by atoms with Gasteiger partial charge in [-0.1, -0.05) is 6.07 Å². The van der Waals surface area contributed by atoms with Gasteiger partial charge in [-0.2, -0.15) is 0 Å². The van der Waals surface area contributed by atoms with Gasteiger partial charge in [-0.15, -0.1) is 11.3 Å². The van der Waals surface area contributed by atoms with Gasteiger partial charge in [0.1, 0.15) is 10.6 Å². The molecule has 0 atom stereocenters. The van der Waals surface area contributed by atoms with E-state index in [1.54, 1.807) is 6.92 Å². The van der Waals surface area contributed by atoms with Crippen LogP contribution in [0.25, 0.3) is 0 Å². The van der Waals surface area contributed by atoms with Gasteiger partial charge in [-0.05, 0) is 44.0 Å². The molecule has 0 saturated heterocycles. The van der Waals surface area contributed by atoms with E-state index in [0.717, 1.165) is 10.8 Å². The van der Waals surface area contributed by atoms with Gasteiger partial charge in [0.25, 0.3) is 5.91 Å². The lowest BCUT2D eigenvalue weighted by atomic mass is 10.1. The number of nitrogens with one attached hydrogen (secondary N) is 1. The second-order valence-corrected chi connectivity index (χ2v) is 6.00. The first-order chi connectivity index (χ1) is 9.99. The Kier molecular flexibility index (Phi) is 4.93. The fraction of sp³-hybridized carbons (Fsp3) is 0.333. The number of carbonyl (C=O) groups excluding carboxylic acids is 1. The number of hydrogen-bond donors (Lipinski definition) is 2. The quantitative estimate of drug-likeness (QED) is 0.505. The Balaban J connectivity index is 1.96. The Labute approximate surface area is 128 Å². The van der Waals surface area contributed by atoms with E-state index in [1.165, 1.54) is 22.5 Å². The number of carbonyl (C=O) groups is 1. The van der Waals surface area contributed by atoms with Crippen molar-refractivity contribution in [1.82, 2.24) is 10.4 Å². The summed E-state index contributed by atoms with van der Waals surface area (Å²) in [5, 5.41) is 0.871. The van der Waals surface area contributed by atoms with E-state index in [9.17, 15) is 4.79 Å². The molecule has 0 unspecified atom stereocenters. The molecule has 0 radical (unpaired) electrons. The summed E-state index contributed by atoms with van der Waals surface area (Å²) in [6, 6.07) is 6.12. The molecule has 3 N–H and O–H groups in total. The smallest absolute Gasteiger partial charge is 0.277 e. The van der Waals surface area contributed by atoms with Crippen LogP contribution in [0.5, 0.6) is 5.75 Å². The maximum atomic E-state index is 11.5. The molecule has 1 heterocycles. The molecule has 112 valence electrons. The van der Waals surface area contributed by atoms with Gasteiger partial charge < -0.3 is 4.74 Å². The number of aromatic nitrogens is 1. The number of rotatable bonds is 5. The molecule has 2 rings (SSSR count). The molecule has 21 heavy (non-hydrogen) atoms. The molecule has 1 amide bonds. The average molecular weight is 305 g/mol. The Morgan fingerprint density at radius 3 is 2.57 bits per heavy atom. The minimum absolute atomic E-state index is 0.300. The zero-order chi connectivity index (χ0) is 15.4. The van der Waals surface area contributed by atoms with E-state index >= 15 is 0 Å². The van der Waals surface area contributed by atoms with Crippen LogP contribution in [0.4, 0.5) is 0 Å². The number of amides is 1. The number of aryl methyl sites for hydroxylation is 3. The number of nitrogens with zero attached hydrogens (tertiary/aromatic N) is 1. The first-order valence-electron chi connectivity index (χ1n) is 6.68. The van der Waals surface area contributed by atoms with E-state index in [-0.39, 0.29) is 5.91 Å². The topological polar surface area (TPSA) is 77.2 Å². The van der Waals surface area contributed by atoms with Crippen molar-refractivity contribution in [3.05, 3.63) is 44.9 Å². The third-order valence-corrected chi connectivity index (χ3v) is 4.17. The van der Waals surface area contributed by atoms with Crippen LogP contribution >= 0.6 is 11.3 Å². The van der Waals surface area contributed by atoms with Gasteiger partial charge in [0.15, 0.2) is 0 Å². The zero-order valence-corrected chi connectivity index (χ0v) is 13.2. The lowest BCUT2D eigenvalue weighted by molar-refractivity contribution is 0.0957. The summed E-state index contributed by atoms with van der Waals surface area (Å²) >= 11 is 1.35. The molecule has 0 fully saturated rings. The lowest BCUT2D eigenvalue weighted by Crippen LogP contribution is -2.29. The Bertz CT molecular complexity index is 632. The highest BCUT2D eigenvalue weighted by Crippen LogP contribution is 2.20. The predicted octanol–water partition coefficient (Wildman–Crippen LogP) is 2.29. The van der Waals surface area contributed by atoms with Crippen LogP contribution in [0.1, 0.15) is 31.5 Å². The highest BCUT2D eigenvalue weighted by molar-refractivity contribution is 7.13. The van der Waals surface area contributed by atoms with E-state index in [1.807, 2.05) is 26.0 Å². The van der Waals surface area contributed by atoms with Gasteiger partial charge in [0.2, 0.25) is 0 Å². The van der Waals surface area contributed by atoms with Crippen LogP contribution in [-0.4, -0.2) is 17.5 Å². The minimum atomic E-state index is -0.300. The van der Waals surface area contributed by atoms with Crippen LogP contribution in [0, 0.1) is 20.8 Å². The van der Waals surface area contributed by atoms with Crippen LogP contribution in [0.15, 0.2) is 18.2 Å². The second-order valence-electron chi connectivity index (χ2n) is 4.92. The molecular weight excluding hydrogens is 286 g/mol. The van der Waals surface area contributed by atoms with E-state index < -0.39 is 0 Å². The summed E-state index contributed by atoms with van der Waals surface area (Å²) in [4.78, 5) is 16.4. The molecule has 0 spiro atoms. The molecule has 0 saturated carbocycles. The number of thiazole rings is 1. The van der Waals surface area contributed by atoms with Crippen LogP contribution in [0.3, 0.4) is 0 Å². The van der Waals surface area contributed by atoms with E-state index in [4.69, 9.17) is 10.6 Å². The monoisotopic (exact) mass is 305 g/mol. The fourth-order valence-electron chi connectivity index (χ4n) is 2.11. The van der Waals surface area contributed by atoms with E-state index in [2.05, 4.69) is 16.5 Å². The molecule has 0 aliphatic heterocycles. The second kappa shape index (κ2) is 6.69. The van der Waals surface area contributed by atoms with Crippen molar-refractivity contribution in [1.29, 1.82) is 0 Å². The molecular formula is C15H19N3O2S. The third-order valence-electron chi connectivity index (χ3n) is 2.96. The number of hydrazine groups is 1. The Hall–Kier alpha value is -1.92. The molecule has 5 nitrogen and oxygen atoms in total. The summed E-state index contributed by atoms with van der Waals surface area (Å²) in [7, 11) is 0. The molecule has 0 aliphatic carbocycles. The van der Waals surface area contributed by atoms with Crippen LogP contribution in [-0.2, 0) is 6.42 Å². The Morgan fingerprint density at radius 1 is 1.29 bits per heavy atom. The van der Waals surface area contributed by atoms with Gasteiger partial charge in [-0.25, -0.2) is 10.8 Å². The van der Waals surface area contributed by atoms with Crippen molar-refractivity contribution in [2.75, 3.05) is 6.61 Å². The maximum absolute atomic E-state index is 11.5. The van der Waals surface area contributed by atoms with Crippen molar-refractivity contribution < 1.29 is 9.53 Å². The van der Waals surface area contributed by atoms with Crippen LogP contribution in [0.2, 0.25) is 0 Å². The number of hydrogen-bond acceptors (Lipinski definition) is 5. The molecule has 1 aromatic carbocycles. The highest BCUT2D eigenvalue weighted by Gasteiger charge is 2.14. The zero-order valence-electron chi connectivity index (χ0n) is 12.4. The van der Waals surface area contributed by atoms with Crippen LogP contribution < -0.4 is 16.0 Å². The number of nitrogen functional groups attached to an aromatic ring is 1. The van der Waals surface area contributed by atoms with Crippen molar-refractivity contribution >= 4 is 17.2 Å². The number of nitrogens with two attached hydrogens (primary N) is 1. The van der Waals surface area contributed by atoms with Crippen molar-refractivity contribution in [2.45, 2.75) is 27.2 Å². The average Bonchev–Trinajstić information content (AvgIpc) is 2.78. The van der Waals surface area contributed by atoms with Crippen molar-refractivity contribution in [3.63, 3.8) is 0 Å². The maximum Gasteiger partial charge on any atom is 0.277 e. The minimum Gasteiger partial charge on any atom is -0.493 e. The molecule has 6 heteroatoms. The van der Waals surface area contributed by atoms with E-state index in [0.29, 0.717) is 23.6 Å². The highest BCUT2D eigenvalue weighted by atomic mass is 32.1. The number of benzene rings is 1. The summed E-state index contributed by atoms with van der Waals surface area (Å²) in [5.41, 5.74) is 5.18. The largest absolute Gasteiger partial charge is 0.493 e. The Morgan fingerprint density at radius 2 is 1.95 bits per heavy atom. The molecule has 0 aliphatic rings. The summed E-state index contributed by atoms with van der Waals surface area (Å²) in [6.07, 6.45) is 0.663. The van der Waals surface area contributed by atoms with Gasteiger partial charge in [0.05, 0.1) is 17.3 Å². The molecule has 0 bridgehead atoms. The number of ether oxygens (including phenoxy) is 1. The first kappa shape index (κ1) is 15.5. The van der Waals surface area contributed by atoms with Gasteiger partial charge >= 0.3 is 0 Å². The normalized spacial score (nSPS) is 10.5. The first-order valence-corrected chi connectivity index (χ1v) is 7.49. The summed E-state index contributed by atoms with van der Waals surface area (Å²) < 4.78 is 5.75.